The average Bonchev–Trinajstić information content (AvgIpc) is 3.71. The Morgan fingerprint density at radius 1 is 1.04 bits per heavy atom. The van der Waals surface area contributed by atoms with Crippen molar-refractivity contribution >= 4 is 29.4 Å². The number of hydrogen-bond donors (Lipinski definition) is 0. The lowest BCUT2D eigenvalue weighted by Gasteiger charge is -2.25. The number of methoxy groups -OCH3 is 1. The molecule has 0 fully saturated rings. The number of thiazole rings is 1. The van der Waals surface area contributed by atoms with Crippen LogP contribution in [0.2, 0.25) is 0 Å². The first-order chi connectivity index (χ1) is 25.2. The summed E-state index contributed by atoms with van der Waals surface area (Å²) in [5, 5.41) is 4.94. The number of aromatic nitrogens is 3. The van der Waals surface area contributed by atoms with Crippen molar-refractivity contribution in [3.05, 3.63) is 134 Å². The van der Waals surface area contributed by atoms with Crippen molar-refractivity contribution in [2.75, 3.05) is 20.3 Å². The predicted octanol–water partition coefficient (Wildman–Crippen LogP) is 5.93. The van der Waals surface area contributed by atoms with Gasteiger partial charge in [-0.1, -0.05) is 61.6 Å². The highest BCUT2D eigenvalue weighted by Gasteiger charge is 2.34. The summed E-state index contributed by atoms with van der Waals surface area (Å²) in [6.07, 6.45) is 7.16. The van der Waals surface area contributed by atoms with Crippen LogP contribution in [-0.4, -0.2) is 46.6 Å². The first-order valence-corrected chi connectivity index (χ1v) is 17.6. The Hall–Kier alpha value is -6.01. The Labute approximate surface area is 304 Å². The van der Waals surface area contributed by atoms with Gasteiger partial charge in [-0.05, 0) is 73.5 Å². The Bertz CT molecular complexity index is 2340. The summed E-state index contributed by atoms with van der Waals surface area (Å²) >= 11 is 1.20. The molecule has 0 radical (unpaired) electrons. The Kier molecular flexibility index (Phi) is 10.9. The van der Waals surface area contributed by atoms with Gasteiger partial charge in [-0.25, -0.2) is 14.5 Å². The molecule has 266 valence electrons. The molecule has 1 aliphatic heterocycles. The molecule has 1 atom stereocenters. The first kappa shape index (κ1) is 35.8. The minimum Gasteiger partial charge on any atom is -0.494 e. The van der Waals surface area contributed by atoms with Gasteiger partial charge in [-0.2, -0.15) is 5.10 Å². The van der Waals surface area contributed by atoms with Crippen LogP contribution in [0.4, 0.5) is 0 Å². The summed E-state index contributed by atoms with van der Waals surface area (Å²) in [5.74, 6) is 0.0609. The van der Waals surface area contributed by atoms with E-state index in [1.165, 1.54) is 36.0 Å². The lowest BCUT2D eigenvalue weighted by atomic mass is 9.95. The van der Waals surface area contributed by atoms with Crippen molar-refractivity contribution in [1.29, 1.82) is 0 Å². The van der Waals surface area contributed by atoms with Crippen molar-refractivity contribution < 1.29 is 28.5 Å². The molecule has 0 spiro atoms. The molecule has 5 aromatic rings. The standard InChI is InChI=1S/C40H38N4O7S/c1-6-8-21-49-31-17-14-27(15-18-31)36-29(24-43(42-36)30-12-10-9-11-13-30)23-34-38(46)44-37(28-16-19-32(51-26(4)45)33(22-28)48-5)35(39(47)50-20-7-2)25(3)41-40(44)52-34/h7,9-19,22-24,37H,2,6,8,20-21H2,1,3-5H3. The zero-order valence-corrected chi connectivity index (χ0v) is 30.1. The second-order valence-corrected chi connectivity index (χ2v) is 12.9. The van der Waals surface area contributed by atoms with E-state index in [2.05, 4.69) is 13.5 Å². The molecule has 3 aromatic carbocycles. The van der Waals surface area contributed by atoms with E-state index in [4.69, 9.17) is 29.0 Å². The van der Waals surface area contributed by atoms with Gasteiger partial charge in [0.05, 0.1) is 41.2 Å². The maximum Gasteiger partial charge on any atom is 0.338 e. The van der Waals surface area contributed by atoms with Gasteiger partial charge in [-0.3, -0.25) is 14.2 Å². The maximum atomic E-state index is 14.5. The second kappa shape index (κ2) is 15.9. The van der Waals surface area contributed by atoms with Crippen LogP contribution in [0.5, 0.6) is 17.2 Å². The largest absolute Gasteiger partial charge is 0.494 e. The van der Waals surface area contributed by atoms with Crippen molar-refractivity contribution in [2.45, 2.75) is 39.7 Å². The quantitative estimate of drug-likeness (QED) is 0.0636. The first-order valence-electron chi connectivity index (χ1n) is 16.8. The van der Waals surface area contributed by atoms with E-state index < -0.39 is 18.0 Å². The zero-order chi connectivity index (χ0) is 36.8. The van der Waals surface area contributed by atoms with Gasteiger partial charge in [0.1, 0.15) is 18.1 Å². The third kappa shape index (κ3) is 7.52. The van der Waals surface area contributed by atoms with Gasteiger partial charge in [0.25, 0.3) is 5.56 Å². The highest BCUT2D eigenvalue weighted by Crippen LogP contribution is 2.36. The summed E-state index contributed by atoms with van der Waals surface area (Å²) in [5.41, 5.74) is 3.82. The van der Waals surface area contributed by atoms with E-state index in [-0.39, 0.29) is 29.2 Å². The van der Waals surface area contributed by atoms with Gasteiger partial charge < -0.3 is 18.9 Å². The molecule has 0 bridgehead atoms. The van der Waals surface area contributed by atoms with Crippen molar-refractivity contribution in [1.82, 2.24) is 14.3 Å². The number of rotatable bonds is 13. The number of benzene rings is 3. The van der Waals surface area contributed by atoms with Crippen molar-refractivity contribution in [2.24, 2.45) is 4.99 Å². The smallest absolute Gasteiger partial charge is 0.338 e. The van der Waals surface area contributed by atoms with Crippen LogP contribution in [0.25, 0.3) is 23.0 Å². The number of carbonyl (C=O) groups is 2. The van der Waals surface area contributed by atoms with Gasteiger partial charge in [0.2, 0.25) is 0 Å². The Balaban J connectivity index is 1.51. The van der Waals surface area contributed by atoms with E-state index in [1.807, 2.05) is 60.8 Å². The molecular weight excluding hydrogens is 681 g/mol. The average molecular weight is 719 g/mol. The fourth-order valence-electron chi connectivity index (χ4n) is 5.82. The fourth-order valence-corrected chi connectivity index (χ4v) is 6.86. The molecule has 1 aliphatic rings. The molecule has 52 heavy (non-hydrogen) atoms. The molecule has 1 unspecified atom stereocenters. The fraction of sp³-hybridized carbons (Fsp3) is 0.225. The van der Waals surface area contributed by atoms with E-state index in [0.717, 1.165) is 29.8 Å². The monoisotopic (exact) mass is 718 g/mol. The Morgan fingerprint density at radius 2 is 1.81 bits per heavy atom. The highest BCUT2D eigenvalue weighted by atomic mass is 32.1. The van der Waals surface area contributed by atoms with E-state index in [9.17, 15) is 14.4 Å². The maximum absolute atomic E-state index is 14.5. The van der Waals surface area contributed by atoms with Gasteiger partial charge in [0, 0.05) is 24.2 Å². The molecule has 0 aliphatic carbocycles. The van der Waals surface area contributed by atoms with E-state index in [1.54, 1.807) is 35.9 Å². The second-order valence-electron chi connectivity index (χ2n) is 11.9. The zero-order valence-electron chi connectivity index (χ0n) is 29.3. The highest BCUT2D eigenvalue weighted by molar-refractivity contribution is 7.07. The van der Waals surface area contributed by atoms with E-state index in [0.29, 0.717) is 38.5 Å². The van der Waals surface area contributed by atoms with Crippen LogP contribution >= 0.6 is 11.3 Å². The summed E-state index contributed by atoms with van der Waals surface area (Å²) in [7, 11) is 1.44. The van der Waals surface area contributed by atoms with Crippen molar-refractivity contribution in [3.63, 3.8) is 0 Å². The molecular formula is C40H38N4O7S. The minimum absolute atomic E-state index is 0.0263. The number of nitrogens with zero attached hydrogens (tertiary/aromatic N) is 4. The number of fused-ring (bicyclic) bond motifs is 1. The summed E-state index contributed by atoms with van der Waals surface area (Å²) in [6, 6.07) is 21.4. The normalized spacial score (nSPS) is 14.0. The molecule has 11 nitrogen and oxygen atoms in total. The van der Waals surface area contributed by atoms with Crippen LogP contribution in [0.1, 0.15) is 50.8 Å². The molecule has 0 N–H and O–H groups in total. The third-order valence-corrected chi connectivity index (χ3v) is 9.26. The number of unbranched alkanes of at least 4 members (excludes halogenated alkanes) is 1. The minimum atomic E-state index is -0.928. The van der Waals surface area contributed by atoms with Gasteiger partial charge >= 0.3 is 11.9 Å². The molecule has 2 aromatic heterocycles. The van der Waals surface area contributed by atoms with Gasteiger partial charge in [-0.15, -0.1) is 0 Å². The van der Waals surface area contributed by atoms with Crippen molar-refractivity contribution in [3.8, 4) is 34.2 Å². The molecule has 12 heteroatoms. The van der Waals surface area contributed by atoms with Crippen LogP contribution in [0.3, 0.4) is 0 Å². The predicted molar refractivity (Wildman–Crippen MR) is 199 cm³/mol. The van der Waals surface area contributed by atoms with Gasteiger partial charge in [0.15, 0.2) is 16.3 Å². The molecule has 6 rings (SSSR count). The number of para-hydroxylation sites is 1. The molecule has 3 heterocycles. The molecule has 0 saturated carbocycles. The van der Waals surface area contributed by atoms with E-state index >= 15 is 0 Å². The van der Waals surface area contributed by atoms with Crippen LogP contribution in [0.15, 0.2) is 113 Å². The van der Waals surface area contributed by atoms with Crippen LogP contribution in [-0.2, 0) is 14.3 Å². The summed E-state index contributed by atoms with van der Waals surface area (Å²) in [6.45, 7) is 9.38. The number of carbonyl (C=O) groups excluding carboxylic acids is 2. The molecule has 0 amide bonds. The number of allylic oxidation sites excluding steroid dienone is 1. The SMILES string of the molecule is C=CCOC(=O)C1=C(C)N=c2sc(=Cc3cn(-c4ccccc4)nc3-c3ccc(OCCCC)cc3)c(=O)n2C1c1ccc(OC(C)=O)c(OC)c1. The van der Waals surface area contributed by atoms with Crippen LogP contribution < -0.4 is 29.1 Å². The lowest BCUT2D eigenvalue weighted by Crippen LogP contribution is -2.40. The van der Waals surface area contributed by atoms with Crippen LogP contribution in [0, 0.1) is 0 Å². The summed E-state index contributed by atoms with van der Waals surface area (Å²) in [4.78, 5) is 44.9. The third-order valence-electron chi connectivity index (χ3n) is 8.28. The molecule has 0 saturated heterocycles. The lowest BCUT2D eigenvalue weighted by molar-refractivity contribution is -0.138. The number of esters is 2. The Morgan fingerprint density at radius 3 is 2.50 bits per heavy atom. The topological polar surface area (TPSA) is 123 Å². The number of hydrogen-bond acceptors (Lipinski definition) is 10. The summed E-state index contributed by atoms with van der Waals surface area (Å²) < 4.78 is 25.9. The number of ether oxygens (including phenoxy) is 4.